The van der Waals surface area contributed by atoms with Gasteiger partial charge in [-0.15, -0.1) is 11.3 Å². The Labute approximate surface area is 130 Å². The summed E-state index contributed by atoms with van der Waals surface area (Å²) in [6, 6.07) is 11.6. The van der Waals surface area contributed by atoms with Gasteiger partial charge in [-0.3, -0.25) is 14.2 Å². The first-order valence-corrected chi connectivity index (χ1v) is 7.70. The third-order valence-corrected chi connectivity index (χ3v) is 4.27. The smallest absolute Gasteiger partial charge is 0.326 e. The molecule has 2 aromatic heterocycles. The molecule has 0 N–H and O–H groups in total. The molecule has 0 aliphatic heterocycles. The lowest BCUT2D eigenvalue weighted by Gasteiger charge is -2.04. The van der Waals surface area contributed by atoms with E-state index in [1.54, 1.807) is 6.92 Å². The molecule has 0 amide bonds. The Morgan fingerprint density at radius 1 is 1.32 bits per heavy atom. The summed E-state index contributed by atoms with van der Waals surface area (Å²) in [5.41, 5.74) is 0.818. The summed E-state index contributed by atoms with van der Waals surface area (Å²) < 4.78 is 6.14. The molecule has 6 heteroatoms. The van der Waals surface area contributed by atoms with Gasteiger partial charge in [-0.25, -0.2) is 4.98 Å². The minimum Gasteiger partial charge on any atom is -0.465 e. The van der Waals surface area contributed by atoms with E-state index in [1.807, 2.05) is 36.4 Å². The van der Waals surface area contributed by atoms with Crippen LogP contribution in [0.15, 0.2) is 47.5 Å². The van der Waals surface area contributed by atoms with E-state index in [4.69, 9.17) is 4.74 Å². The van der Waals surface area contributed by atoms with Crippen LogP contribution in [0.25, 0.3) is 20.7 Å². The van der Waals surface area contributed by atoms with Crippen molar-refractivity contribution < 1.29 is 9.53 Å². The molecule has 0 bridgehead atoms. The van der Waals surface area contributed by atoms with Crippen molar-refractivity contribution in [3.63, 3.8) is 0 Å². The lowest BCUT2D eigenvalue weighted by molar-refractivity contribution is -0.143. The third kappa shape index (κ3) is 2.78. The standard InChI is InChI=1S/C16H14N2O3S/c1-2-21-14(19)9-18-10-17-15-12(16(18)20)8-13(22-15)11-6-4-3-5-7-11/h3-8,10H,2,9H2,1H3. The molecule has 3 aromatic rings. The van der Waals surface area contributed by atoms with Gasteiger partial charge in [-0.1, -0.05) is 30.3 Å². The molecule has 112 valence electrons. The van der Waals surface area contributed by atoms with E-state index < -0.39 is 5.97 Å². The maximum Gasteiger partial charge on any atom is 0.326 e. The van der Waals surface area contributed by atoms with Gasteiger partial charge in [0.1, 0.15) is 11.4 Å². The fourth-order valence-electron chi connectivity index (χ4n) is 2.16. The monoisotopic (exact) mass is 314 g/mol. The topological polar surface area (TPSA) is 61.2 Å². The molecule has 1 aromatic carbocycles. The number of hydrogen-bond acceptors (Lipinski definition) is 5. The van der Waals surface area contributed by atoms with Crippen LogP contribution in [0.3, 0.4) is 0 Å². The summed E-state index contributed by atoms with van der Waals surface area (Å²) in [7, 11) is 0. The van der Waals surface area contributed by atoms with Crippen LogP contribution in [-0.2, 0) is 16.1 Å². The molecule has 0 saturated carbocycles. The average Bonchev–Trinajstić information content (AvgIpc) is 2.96. The molecular weight excluding hydrogens is 300 g/mol. The zero-order chi connectivity index (χ0) is 15.5. The summed E-state index contributed by atoms with van der Waals surface area (Å²) in [4.78, 5) is 29.9. The molecule has 0 saturated heterocycles. The van der Waals surface area contributed by atoms with E-state index in [9.17, 15) is 9.59 Å². The highest BCUT2D eigenvalue weighted by Crippen LogP contribution is 2.30. The minimum absolute atomic E-state index is 0.119. The Morgan fingerprint density at radius 3 is 2.82 bits per heavy atom. The summed E-state index contributed by atoms with van der Waals surface area (Å²) >= 11 is 1.46. The molecule has 3 rings (SSSR count). The number of carbonyl (C=O) groups excluding carboxylic acids is 1. The highest BCUT2D eigenvalue weighted by Gasteiger charge is 2.12. The predicted octanol–water partition coefficient (Wildman–Crippen LogP) is 2.69. The van der Waals surface area contributed by atoms with E-state index in [0.717, 1.165) is 10.4 Å². The second-order valence-electron chi connectivity index (χ2n) is 4.68. The van der Waals surface area contributed by atoms with Crippen LogP contribution in [0.2, 0.25) is 0 Å². The Kier molecular flexibility index (Phi) is 4.02. The van der Waals surface area contributed by atoms with Crippen LogP contribution in [0.1, 0.15) is 6.92 Å². The Balaban J connectivity index is 2.01. The van der Waals surface area contributed by atoms with Crippen molar-refractivity contribution in [3.8, 4) is 10.4 Å². The SMILES string of the molecule is CCOC(=O)Cn1cnc2sc(-c3ccccc3)cc2c1=O. The predicted molar refractivity (Wildman–Crippen MR) is 85.9 cm³/mol. The van der Waals surface area contributed by atoms with E-state index in [1.165, 1.54) is 22.2 Å². The Hall–Kier alpha value is -2.47. The van der Waals surface area contributed by atoms with Gasteiger partial charge in [0.2, 0.25) is 0 Å². The summed E-state index contributed by atoms with van der Waals surface area (Å²) in [6.07, 6.45) is 1.40. The van der Waals surface area contributed by atoms with E-state index in [2.05, 4.69) is 4.98 Å². The number of fused-ring (bicyclic) bond motifs is 1. The maximum absolute atomic E-state index is 12.4. The van der Waals surface area contributed by atoms with Gasteiger partial charge in [-0.05, 0) is 18.6 Å². The second-order valence-corrected chi connectivity index (χ2v) is 5.71. The van der Waals surface area contributed by atoms with E-state index in [0.29, 0.717) is 16.8 Å². The number of carbonyl (C=O) groups is 1. The number of thiophene rings is 1. The van der Waals surface area contributed by atoms with E-state index >= 15 is 0 Å². The minimum atomic E-state index is -0.440. The molecule has 0 atom stereocenters. The first-order chi connectivity index (χ1) is 10.7. The van der Waals surface area contributed by atoms with Crippen molar-refractivity contribution >= 4 is 27.5 Å². The van der Waals surface area contributed by atoms with Gasteiger partial charge in [0.05, 0.1) is 18.3 Å². The van der Waals surface area contributed by atoms with Gasteiger partial charge >= 0.3 is 5.97 Å². The van der Waals surface area contributed by atoms with Crippen molar-refractivity contribution in [2.45, 2.75) is 13.5 Å². The highest BCUT2D eigenvalue weighted by atomic mass is 32.1. The highest BCUT2D eigenvalue weighted by molar-refractivity contribution is 7.21. The van der Waals surface area contributed by atoms with Gasteiger partial charge in [0.25, 0.3) is 5.56 Å². The van der Waals surface area contributed by atoms with Crippen LogP contribution in [0.4, 0.5) is 0 Å². The van der Waals surface area contributed by atoms with Gasteiger partial charge in [0.15, 0.2) is 0 Å². The summed E-state index contributed by atoms with van der Waals surface area (Å²) in [5.74, 6) is -0.440. The largest absolute Gasteiger partial charge is 0.465 e. The molecule has 0 aliphatic rings. The maximum atomic E-state index is 12.4. The molecule has 5 nitrogen and oxygen atoms in total. The number of benzene rings is 1. The molecular formula is C16H14N2O3S. The molecule has 0 unspecified atom stereocenters. The Morgan fingerprint density at radius 2 is 2.09 bits per heavy atom. The molecule has 0 spiro atoms. The lowest BCUT2D eigenvalue weighted by Crippen LogP contribution is -2.25. The van der Waals surface area contributed by atoms with Crippen LogP contribution in [-0.4, -0.2) is 22.1 Å². The lowest BCUT2D eigenvalue weighted by atomic mass is 10.2. The first kappa shape index (κ1) is 14.5. The van der Waals surface area contributed by atoms with Crippen molar-refractivity contribution in [2.75, 3.05) is 6.61 Å². The molecule has 0 aliphatic carbocycles. The normalized spacial score (nSPS) is 10.8. The van der Waals surface area contributed by atoms with Gasteiger partial charge in [-0.2, -0.15) is 0 Å². The van der Waals surface area contributed by atoms with Crippen LogP contribution >= 0.6 is 11.3 Å². The number of ether oxygens (including phenoxy) is 1. The molecule has 2 heterocycles. The number of rotatable bonds is 4. The van der Waals surface area contributed by atoms with Crippen molar-refractivity contribution in [3.05, 3.63) is 53.1 Å². The van der Waals surface area contributed by atoms with Crippen molar-refractivity contribution in [1.29, 1.82) is 0 Å². The van der Waals surface area contributed by atoms with Crippen molar-refractivity contribution in [1.82, 2.24) is 9.55 Å². The van der Waals surface area contributed by atoms with Crippen LogP contribution < -0.4 is 5.56 Å². The second kappa shape index (κ2) is 6.11. The number of esters is 1. The molecule has 0 fully saturated rings. The van der Waals surface area contributed by atoms with Gasteiger partial charge < -0.3 is 4.74 Å². The average molecular weight is 314 g/mol. The van der Waals surface area contributed by atoms with Gasteiger partial charge in [0, 0.05) is 4.88 Å². The van der Waals surface area contributed by atoms with E-state index in [-0.39, 0.29) is 12.1 Å². The van der Waals surface area contributed by atoms with Crippen molar-refractivity contribution in [2.24, 2.45) is 0 Å². The Bertz CT molecular complexity index is 868. The zero-order valence-corrected chi connectivity index (χ0v) is 12.8. The third-order valence-electron chi connectivity index (χ3n) is 3.18. The molecule has 22 heavy (non-hydrogen) atoms. The molecule has 0 radical (unpaired) electrons. The number of hydrogen-bond donors (Lipinski definition) is 0. The quantitative estimate of drug-likeness (QED) is 0.695. The van der Waals surface area contributed by atoms with Crippen LogP contribution in [0.5, 0.6) is 0 Å². The summed E-state index contributed by atoms with van der Waals surface area (Å²) in [6.45, 7) is 1.90. The zero-order valence-electron chi connectivity index (χ0n) is 12.0. The summed E-state index contributed by atoms with van der Waals surface area (Å²) in [5, 5.41) is 0.524. The first-order valence-electron chi connectivity index (χ1n) is 6.89. The number of nitrogens with zero attached hydrogens (tertiary/aromatic N) is 2. The fourth-order valence-corrected chi connectivity index (χ4v) is 3.16. The number of aromatic nitrogens is 2. The van der Waals surface area contributed by atoms with Crippen LogP contribution in [0, 0.1) is 0 Å². The fraction of sp³-hybridized carbons (Fsp3) is 0.188.